The average Bonchev–Trinajstić information content (AvgIpc) is 3.17. The fraction of sp³-hybridized carbons (Fsp3) is 0.350. The van der Waals surface area contributed by atoms with Crippen LogP contribution in [0.1, 0.15) is 29.9 Å². The van der Waals surface area contributed by atoms with E-state index in [1.54, 1.807) is 0 Å². The number of fused-ring (bicyclic) bond motifs is 1. The third kappa shape index (κ3) is 5.20. The van der Waals surface area contributed by atoms with Gasteiger partial charge in [0.15, 0.2) is 11.5 Å². The highest BCUT2D eigenvalue weighted by Gasteiger charge is 2.23. The fourth-order valence-corrected chi connectivity index (χ4v) is 3.34. The second kappa shape index (κ2) is 9.18. The molecule has 0 unspecified atom stereocenters. The van der Waals surface area contributed by atoms with Crippen LogP contribution in [-0.2, 0) is 16.1 Å². The fourth-order valence-electron chi connectivity index (χ4n) is 3.34. The summed E-state index contributed by atoms with van der Waals surface area (Å²) in [5, 5.41) is 14.8. The molecule has 0 saturated carbocycles. The third-order valence-corrected chi connectivity index (χ3v) is 4.79. The van der Waals surface area contributed by atoms with Gasteiger partial charge >= 0.3 is 11.9 Å². The Morgan fingerprint density at radius 1 is 1.00 bits per heavy atom. The van der Waals surface area contributed by atoms with Crippen LogP contribution < -0.4 is 9.47 Å². The molecule has 0 spiro atoms. The van der Waals surface area contributed by atoms with Crippen molar-refractivity contribution in [3.05, 3.63) is 53.9 Å². The van der Waals surface area contributed by atoms with Crippen LogP contribution >= 0.6 is 0 Å². The van der Waals surface area contributed by atoms with E-state index < -0.39 is 11.9 Å². The maximum atomic E-state index is 9.10. The summed E-state index contributed by atoms with van der Waals surface area (Å²) in [5.74, 6) is -1.25. The first kappa shape index (κ1) is 19.6. The molecule has 0 radical (unpaired) electrons. The van der Waals surface area contributed by atoms with Crippen molar-refractivity contribution in [2.24, 2.45) is 0 Å². The van der Waals surface area contributed by atoms with Crippen molar-refractivity contribution in [3.63, 3.8) is 0 Å². The maximum Gasteiger partial charge on any atom is 0.414 e. The molecule has 1 aromatic heterocycles. The lowest BCUT2D eigenvalue weighted by Gasteiger charge is -2.32. The normalized spacial score (nSPS) is 16.1. The smallest absolute Gasteiger partial charge is 0.414 e. The summed E-state index contributed by atoms with van der Waals surface area (Å²) in [4.78, 5) is 24.8. The number of nitrogens with zero attached hydrogens (tertiary/aromatic N) is 2. The van der Waals surface area contributed by atoms with Gasteiger partial charge in [-0.25, -0.2) is 9.59 Å². The quantitative estimate of drug-likeness (QED) is 0.774. The highest BCUT2D eigenvalue weighted by atomic mass is 16.7. The van der Waals surface area contributed by atoms with E-state index in [1.807, 2.05) is 18.5 Å². The molecule has 2 aromatic rings. The average molecular weight is 386 g/mol. The first-order valence-corrected chi connectivity index (χ1v) is 9.00. The molecule has 1 aromatic carbocycles. The van der Waals surface area contributed by atoms with E-state index in [1.165, 1.54) is 24.0 Å². The van der Waals surface area contributed by atoms with E-state index in [0.717, 1.165) is 31.1 Å². The predicted molar refractivity (Wildman–Crippen MR) is 99.3 cm³/mol. The molecule has 1 fully saturated rings. The summed E-state index contributed by atoms with van der Waals surface area (Å²) in [5.41, 5.74) is 2.73. The molecule has 148 valence electrons. The van der Waals surface area contributed by atoms with Crippen molar-refractivity contribution in [1.29, 1.82) is 0 Å². The lowest BCUT2D eigenvalue weighted by molar-refractivity contribution is -0.159. The van der Waals surface area contributed by atoms with E-state index >= 15 is 0 Å². The molecule has 2 N–H and O–H groups in total. The summed E-state index contributed by atoms with van der Waals surface area (Å²) in [7, 11) is 0. The van der Waals surface area contributed by atoms with Gasteiger partial charge in [-0.05, 0) is 67.2 Å². The van der Waals surface area contributed by atoms with Gasteiger partial charge in [-0.15, -0.1) is 0 Å². The highest BCUT2D eigenvalue weighted by Crippen LogP contribution is 2.37. The lowest BCUT2D eigenvalue weighted by atomic mass is 9.89. The molecule has 1 saturated heterocycles. The van der Waals surface area contributed by atoms with Crippen molar-refractivity contribution in [1.82, 2.24) is 9.88 Å². The van der Waals surface area contributed by atoms with E-state index in [-0.39, 0.29) is 0 Å². The van der Waals surface area contributed by atoms with Crippen LogP contribution in [0, 0.1) is 0 Å². The molecular weight excluding hydrogens is 364 g/mol. The molecule has 8 heteroatoms. The van der Waals surface area contributed by atoms with Crippen molar-refractivity contribution in [3.8, 4) is 11.5 Å². The van der Waals surface area contributed by atoms with E-state index in [4.69, 9.17) is 29.3 Å². The number of aliphatic carboxylic acids is 2. The zero-order chi connectivity index (χ0) is 19.9. The number of likely N-dealkylation sites (tertiary alicyclic amines) is 1. The largest absolute Gasteiger partial charge is 0.473 e. The van der Waals surface area contributed by atoms with E-state index in [2.05, 4.69) is 34.1 Å². The van der Waals surface area contributed by atoms with Gasteiger partial charge < -0.3 is 19.7 Å². The number of ether oxygens (including phenoxy) is 2. The van der Waals surface area contributed by atoms with Gasteiger partial charge in [0.1, 0.15) is 0 Å². The third-order valence-electron chi connectivity index (χ3n) is 4.79. The van der Waals surface area contributed by atoms with Crippen molar-refractivity contribution >= 4 is 11.9 Å². The number of aromatic nitrogens is 1. The van der Waals surface area contributed by atoms with Gasteiger partial charge in [-0.1, -0.05) is 6.07 Å². The van der Waals surface area contributed by atoms with Crippen LogP contribution in [-0.4, -0.2) is 51.9 Å². The van der Waals surface area contributed by atoms with Crippen molar-refractivity contribution in [2.75, 3.05) is 19.9 Å². The molecule has 2 aliphatic rings. The van der Waals surface area contributed by atoms with Crippen LogP contribution in [0.25, 0.3) is 0 Å². The molecule has 3 heterocycles. The van der Waals surface area contributed by atoms with E-state index in [0.29, 0.717) is 12.7 Å². The standard InChI is InChI=1S/C18H20N2O2.C2H2O4/c1-2-17-18(22-13-21-17)11-16(1)15-5-9-20(10-6-15)12-14-3-7-19-8-4-14;3-1(4)2(5)6/h1-4,7-8,11,15H,5-6,9-10,12-13H2;(H,3,4)(H,5,6). The number of piperidine rings is 1. The Morgan fingerprint density at radius 3 is 2.29 bits per heavy atom. The Hall–Kier alpha value is -3.13. The number of carboxylic acids is 2. The molecule has 0 aliphatic carbocycles. The lowest BCUT2D eigenvalue weighted by Crippen LogP contribution is -2.32. The van der Waals surface area contributed by atoms with Gasteiger partial charge in [-0.3, -0.25) is 9.88 Å². The molecule has 4 rings (SSSR count). The van der Waals surface area contributed by atoms with Crippen LogP contribution in [0.4, 0.5) is 0 Å². The summed E-state index contributed by atoms with van der Waals surface area (Å²) >= 11 is 0. The Kier molecular flexibility index (Phi) is 6.44. The molecule has 2 aliphatic heterocycles. The van der Waals surface area contributed by atoms with Crippen LogP contribution in [0.2, 0.25) is 0 Å². The first-order valence-electron chi connectivity index (χ1n) is 9.00. The molecule has 28 heavy (non-hydrogen) atoms. The van der Waals surface area contributed by atoms with Crippen molar-refractivity contribution < 1.29 is 29.3 Å². The molecule has 0 bridgehead atoms. The Labute approximate surface area is 162 Å². The number of pyridine rings is 1. The van der Waals surface area contributed by atoms with Crippen LogP contribution in [0.5, 0.6) is 11.5 Å². The second-order valence-electron chi connectivity index (χ2n) is 6.63. The van der Waals surface area contributed by atoms with Crippen molar-refractivity contribution in [2.45, 2.75) is 25.3 Å². The van der Waals surface area contributed by atoms with Gasteiger partial charge in [0.05, 0.1) is 0 Å². The van der Waals surface area contributed by atoms with Crippen LogP contribution in [0.3, 0.4) is 0 Å². The highest BCUT2D eigenvalue weighted by molar-refractivity contribution is 6.27. The number of carboxylic acid groups (broad SMARTS) is 2. The predicted octanol–water partition coefficient (Wildman–Crippen LogP) is 2.35. The Morgan fingerprint density at radius 2 is 1.64 bits per heavy atom. The number of hydrogen-bond acceptors (Lipinski definition) is 6. The number of hydrogen-bond donors (Lipinski definition) is 2. The Balaban J connectivity index is 0.000000330. The zero-order valence-corrected chi connectivity index (χ0v) is 15.3. The Bertz CT molecular complexity index is 807. The summed E-state index contributed by atoms with van der Waals surface area (Å²) in [6.45, 7) is 3.66. The summed E-state index contributed by atoms with van der Waals surface area (Å²) in [6.07, 6.45) is 6.14. The summed E-state index contributed by atoms with van der Waals surface area (Å²) < 4.78 is 10.9. The molecule has 0 amide bonds. The molecule has 8 nitrogen and oxygen atoms in total. The van der Waals surface area contributed by atoms with Crippen LogP contribution in [0.15, 0.2) is 42.7 Å². The minimum absolute atomic E-state index is 0.350. The maximum absolute atomic E-state index is 9.10. The number of rotatable bonds is 3. The second-order valence-corrected chi connectivity index (χ2v) is 6.63. The zero-order valence-electron chi connectivity index (χ0n) is 15.3. The van der Waals surface area contributed by atoms with Gasteiger partial charge in [-0.2, -0.15) is 0 Å². The van der Waals surface area contributed by atoms with E-state index in [9.17, 15) is 0 Å². The van der Waals surface area contributed by atoms with Gasteiger partial charge in [0, 0.05) is 18.9 Å². The molecular formula is C20H22N2O6. The number of carbonyl (C=O) groups is 2. The van der Waals surface area contributed by atoms with Gasteiger partial charge in [0.2, 0.25) is 6.79 Å². The summed E-state index contributed by atoms with van der Waals surface area (Å²) in [6, 6.07) is 10.6. The topological polar surface area (TPSA) is 109 Å². The minimum Gasteiger partial charge on any atom is -0.473 e. The molecule has 0 atom stereocenters. The first-order chi connectivity index (χ1) is 13.5. The minimum atomic E-state index is -1.82. The van der Waals surface area contributed by atoms with Gasteiger partial charge in [0.25, 0.3) is 0 Å². The number of benzene rings is 1. The monoisotopic (exact) mass is 386 g/mol. The SMILES string of the molecule is O=C(O)C(=O)O.c1cc(CN2CCC(c3ccc4c(c3)OCO4)CC2)ccn1.